The number of rotatable bonds is 7. The molecule has 2 fully saturated rings. The third kappa shape index (κ3) is 6.32. The Kier molecular flexibility index (Phi) is 7.93. The van der Waals surface area contributed by atoms with Crippen molar-refractivity contribution >= 4 is 27.6 Å². The summed E-state index contributed by atoms with van der Waals surface area (Å²) in [5.41, 5.74) is 1.41. The molecular formula is C24H38N8O4S. The molecule has 0 spiro atoms. The number of anilines is 2. The van der Waals surface area contributed by atoms with E-state index in [4.69, 9.17) is 14.7 Å². The predicted molar refractivity (Wildman–Crippen MR) is 141 cm³/mol. The largest absolute Gasteiger partial charge is 0.377 e. The number of nitrogens with zero attached hydrogens (tertiary/aromatic N) is 6. The zero-order valence-electron chi connectivity index (χ0n) is 22.3. The number of carbonyl (C=O) groups excluding carboxylic acids is 1. The number of aryl methyl sites for hydroxylation is 1. The van der Waals surface area contributed by atoms with Crippen LogP contribution in [0.2, 0.25) is 0 Å². The number of carbonyl (C=O) groups is 1. The predicted octanol–water partition coefficient (Wildman–Crippen LogP) is 1.18. The van der Waals surface area contributed by atoms with E-state index in [-0.39, 0.29) is 18.1 Å². The van der Waals surface area contributed by atoms with Crippen LogP contribution in [0.3, 0.4) is 0 Å². The van der Waals surface area contributed by atoms with Gasteiger partial charge in [0.25, 0.3) is 0 Å². The fraction of sp³-hybridized carbons (Fsp3) is 0.667. The maximum atomic E-state index is 12.6. The van der Waals surface area contributed by atoms with Gasteiger partial charge in [-0.15, -0.1) is 0 Å². The molecule has 0 aromatic carbocycles. The van der Waals surface area contributed by atoms with Crippen LogP contribution in [-0.2, 0) is 32.9 Å². The Morgan fingerprint density at radius 1 is 1.22 bits per heavy atom. The summed E-state index contributed by atoms with van der Waals surface area (Å²) in [6, 6.07) is 1.73. The zero-order chi connectivity index (χ0) is 26.8. The van der Waals surface area contributed by atoms with Gasteiger partial charge in [-0.2, -0.15) is 10.1 Å². The Morgan fingerprint density at radius 2 is 1.95 bits per heavy atom. The molecular weight excluding hydrogens is 496 g/mol. The Balaban J connectivity index is 1.45. The van der Waals surface area contributed by atoms with Gasteiger partial charge in [0.1, 0.15) is 10.6 Å². The van der Waals surface area contributed by atoms with Crippen molar-refractivity contribution in [1.29, 1.82) is 0 Å². The van der Waals surface area contributed by atoms with E-state index >= 15 is 0 Å². The molecule has 0 saturated carbocycles. The summed E-state index contributed by atoms with van der Waals surface area (Å²) in [6.45, 7) is 9.00. The van der Waals surface area contributed by atoms with Gasteiger partial charge in [-0.25, -0.2) is 18.2 Å². The van der Waals surface area contributed by atoms with E-state index in [1.54, 1.807) is 30.8 Å². The first-order chi connectivity index (χ1) is 17.4. The van der Waals surface area contributed by atoms with Crippen LogP contribution in [0.25, 0.3) is 0 Å². The summed E-state index contributed by atoms with van der Waals surface area (Å²) < 4.78 is 31.4. The quantitative estimate of drug-likeness (QED) is 0.537. The van der Waals surface area contributed by atoms with Crippen molar-refractivity contribution in [3.05, 3.63) is 29.7 Å². The van der Waals surface area contributed by atoms with Crippen LogP contribution in [0.1, 0.15) is 44.9 Å². The normalized spacial score (nSPS) is 19.6. The first-order valence-corrected chi connectivity index (χ1v) is 14.5. The number of nitrogens with one attached hydrogen (secondary N) is 2. The van der Waals surface area contributed by atoms with Crippen LogP contribution in [0.15, 0.2) is 18.5 Å². The van der Waals surface area contributed by atoms with Crippen LogP contribution in [0.4, 0.5) is 16.6 Å². The van der Waals surface area contributed by atoms with E-state index in [2.05, 4.69) is 32.5 Å². The monoisotopic (exact) mass is 534 g/mol. The van der Waals surface area contributed by atoms with Crippen LogP contribution in [0, 0.1) is 0 Å². The number of hydrogen-bond acceptors (Lipinski definition) is 9. The van der Waals surface area contributed by atoms with Crippen molar-refractivity contribution in [1.82, 2.24) is 30.4 Å². The molecule has 2 N–H and O–H groups in total. The Bertz CT molecular complexity index is 1210. The first kappa shape index (κ1) is 27.1. The van der Waals surface area contributed by atoms with Crippen LogP contribution >= 0.6 is 0 Å². The van der Waals surface area contributed by atoms with Crippen molar-refractivity contribution in [2.45, 2.75) is 57.0 Å². The smallest absolute Gasteiger partial charge is 0.315 e. The standard InChI is InChI=1S/C24H38N8O4S/c1-17-16-36-11-10-32(17)21-12-20(24(2,3)37(5,34)35)28-22(29-21)31-8-6-19(7-9-31)27-23(33)25-13-18-14-26-30(4)15-18/h12,14-15,17,19H,6-11,13,16H2,1-5H3,(H2,25,27,33)/t17-/m0/s1. The van der Waals surface area contributed by atoms with Gasteiger partial charge in [0.15, 0.2) is 9.84 Å². The molecule has 2 aliphatic rings. The minimum Gasteiger partial charge on any atom is -0.377 e. The highest BCUT2D eigenvalue weighted by atomic mass is 32.2. The second kappa shape index (κ2) is 10.8. The molecule has 204 valence electrons. The van der Waals surface area contributed by atoms with Gasteiger partial charge in [0, 0.05) is 63.4 Å². The minimum atomic E-state index is -3.42. The summed E-state index contributed by atoms with van der Waals surface area (Å²) in [5.74, 6) is 1.23. The first-order valence-electron chi connectivity index (χ1n) is 12.6. The Hall–Kier alpha value is -2.93. The summed E-state index contributed by atoms with van der Waals surface area (Å²) in [4.78, 5) is 26.2. The van der Waals surface area contributed by atoms with E-state index < -0.39 is 14.6 Å². The lowest BCUT2D eigenvalue weighted by Crippen LogP contribution is -2.48. The third-order valence-corrected chi connectivity index (χ3v) is 9.29. The molecule has 4 rings (SSSR count). The SMILES string of the molecule is C[C@H]1COCCN1c1cc(C(C)(C)S(C)(=O)=O)nc(N2CCC(NC(=O)NCc3cnn(C)c3)CC2)n1. The highest BCUT2D eigenvalue weighted by molar-refractivity contribution is 7.91. The average Bonchev–Trinajstić information content (AvgIpc) is 3.27. The molecule has 2 aromatic rings. The fourth-order valence-corrected chi connectivity index (χ4v) is 4.97. The van der Waals surface area contributed by atoms with Crippen LogP contribution in [0.5, 0.6) is 0 Å². The van der Waals surface area contributed by atoms with E-state index in [1.165, 1.54) is 6.26 Å². The highest BCUT2D eigenvalue weighted by Crippen LogP contribution is 2.32. The molecule has 0 unspecified atom stereocenters. The topological polar surface area (TPSA) is 135 Å². The number of piperidine rings is 1. The highest BCUT2D eigenvalue weighted by Gasteiger charge is 2.36. The molecule has 0 aliphatic carbocycles. The molecule has 4 heterocycles. The molecule has 2 amide bonds. The van der Waals surface area contributed by atoms with E-state index in [1.807, 2.05) is 13.2 Å². The van der Waals surface area contributed by atoms with Gasteiger partial charge in [-0.05, 0) is 33.6 Å². The minimum absolute atomic E-state index is 0.0273. The number of amides is 2. The van der Waals surface area contributed by atoms with Crippen LogP contribution in [-0.4, -0.2) is 85.4 Å². The Labute approximate surface area is 218 Å². The van der Waals surface area contributed by atoms with Crippen molar-refractivity contribution in [2.24, 2.45) is 7.05 Å². The summed E-state index contributed by atoms with van der Waals surface area (Å²) >= 11 is 0. The molecule has 13 heteroatoms. The molecule has 1 atom stereocenters. The molecule has 12 nitrogen and oxygen atoms in total. The van der Waals surface area contributed by atoms with Gasteiger partial charge in [0.05, 0.1) is 31.1 Å². The molecule has 37 heavy (non-hydrogen) atoms. The average molecular weight is 535 g/mol. The van der Waals surface area contributed by atoms with Crippen molar-refractivity contribution in [2.75, 3.05) is 48.9 Å². The van der Waals surface area contributed by atoms with E-state index in [0.717, 1.165) is 18.4 Å². The number of sulfone groups is 1. The molecule has 0 bridgehead atoms. The van der Waals surface area contributed by atoms with Crippen molar-refractivity contribution in [3.63, 3.8) is 0 Å². The third-order valence-electron chi connectivity index (χ3n) is 7.23. The van der Waals surface area contributed by atoms with E-state index in [9.17, 15) is 13.2 Å². The number of hydrogen-bond donors (Lipinski definition) is 2. The van der Waals surface area contributed by atoms with Gasteiger partial charge in [-0.1, -0.05) is 0 Å². The van der Waals surface area contributed by atoms with Crippen LogP contribution < -0.4 is 20.4 Å². The number of urea groups is 1. The molecule has 2 saturated heterocycles. The summed E-state index contributed by atoms with van der Waals surface area (Å²) in [7, 11) is -1.59. The Morgan fingerprint density at radius 3 is 2.57 bits per heavy atom. The molecule has 2 aromatic heterocycles. The molecule has 2 aliphatic heterocycles. The lowest BCUT2D eigenvalue weighted by molar-refractivity contribution is 0.0985. The van der Waals surface area contributed by atoms with Crippen molar-refractivity contribution in [3.8, 4) is 0 Å². The second-order valence-corrected chi connectivity index (χ2v) is 13.0. The van der Waals surface area contributed by atoms with Gasteiger partial charge >= 0.3 is 6.03 Å². The fourth-order valence-electron chi connectivity index (χ4n) is 4.48. The van der Waals surface area contributed by atoms with Gasteiger partial charge < -0.3 is 25.2 Å². The van der Waals surface area contributed by atoms with Gasteiger partial charge in [0.2, 0.25) is 5.95 Å². The lowest BCUT2D eigenvalue weighted by Gasteiger charge is -2.37. The summed E-state index contributed by atoms with van der Waals surface area (Å²) in [6.07, 6.45) is 6.29. The van der Waals surface area contributed by atoms with Gasteiger partial charge in [-0.3, -0.25) is 4.68 Å². The maximum absolute atomic E-state index is 12.6. The number of aromatic nitrogens is 4. The number of ether oxygens (including phenoxy) is 1. The summed E-state index contributed by atoms with van der Waals surface area (Å²) in [5, 5.41) is 10.0. The second-order valence-electron chi connectivity index (χ2n) is 10.4. The van der Waals surface area contributed by atoms with Crippen molar-refractivity contribution < 1.29 is 17.9 Å². The zero-order valence-corrected chi connectivity index (χ0v) is 23.1. The van der Waals surface area contributed by atoms with E-state index in [0.29, 0.717) is 56.9 Å². The molecule has 0 radical (unpaired) electrons. The maximum Gasteiger partial charge on any atom is 0.315 e. The lowest BCUT2D eigenvalue weighted by atomic mass is 10.1. The number of morpholine rings is 1.